The van der Waals surface area contributed by atoms with Crippen molar-refractivity contribution in [1.82, 2.24) is 0 Å². The summed E-state index contributed by atoms with van der Waals surface area (Å²) >= 11 is 0. The lowest BCUT2D eigenvalue weighted by atomic mass is 10.2. The fourth-order valence-electron chi connectivity index (χ4n) is 0.710. The maximum atomic E-state index is 10.5. The third-order valence-electron chi connectivity index (χ3n) is 1.32. The van der Waals surface area contributed by atoms with Crippen LogP contribution in [0.15, 0.2) is 29.2 Å². The number of aryl methyl sites for hydroxylation is 1. The lowest BCUT2D eigenvalue weighted by Crippen LogP contribution is -1.96. The van der Waals surface area contributed by atoms with Crippen molar-refractivity contribution < 1.29 is 13.0 Å². The minimum absolute atomic E-state index is 0. The Bertz CT molecular complexity index is 341. The normalized spacial score (nSPS) is 10.5. The minimum Gasteiger partial charge on any atom is -0.282 e. The van der Waals surface area contributed by atoms with Gasteiger partial charge in [-0.25, -0.2) is 0 Å². The van der Waals surface area contributed by atoms with Gasteiger partial charge in [-0.3, -0.25) is 4.55 Å². The molecule has 12 heavy (non-hydrogen) atoms. The van der Waals surface area contributed by atoms with Gasteiger partial charge in [0.25, 0.3) is 10.1 Å². The van der Waals surface area contributed by atoms with Crippen LogP contribution in [0.25, 0.3) is 0 Å². The third-order valence-corrected chi connectivity index (χ3v) is 2.19. The van der Waals surface area contributed by atoms with Gasteiger partial charge >= 0.3 is 0 Å². The number of rotatable bonds is 1. The van der Waals surface area contributed by atoms with E-state index in [1.54, 1.807) is 12.1 Å². The van der Waals surface area contributed by atoms with Gasteiger partial charge in [-0.05, 0) is 19.1 Å². The van der Waals surface area contributed by atoms with Gasteiger partial charge < -0.3 is 0 Å². The quantitative estimate of drug-likeness (QED) is 0.518. The molecule has 0 heterocycles. The Labute approximate surface area is 73.7 Å². The Hall–Kier alpha value is -0.805. The van der Waals surface area contributed by atoms with Crippen LogP contribution in [0.1, 0.15) is 5.56 Å². The Morgan fingerprint density at radius 2 is 1.58 bits per heavy atom. The van der Waals surface area contributed by atoms with Crippen LogP contribution in [-0.4, -0.2) is 21.4 Å². The summed E-state index contributed by atoms with van der Waals surface area (Å²) in [5.41, 5.74) is 0.956. The van der Waals surface area contributed by atoms with Gasteiger partial charge in [0.05, 0.1) is 4.90 Å². The smallest absolute Gasteiger partial charge is 0.282 e. The van der Waals surface area contributed by atoms with Crippen LogP contribution >= 0.6 is 0 Å². The molecule has 0 aliphatic carbocycles. The Kier molecular flexibility index (Phi) is 3.48. The first-order valence-corrected chi connectivity index (χ1v) is 4.48. The monoisotopic (exact) mass is 183 g/mol. The molecule has 0 aromatic heterocycles. The second kappa shape index (κ2) is 3.73. The van der Waals surface area contributed by atoms with E-state index in [0.717, 1.165) is 5.56 Å². The maximum absolute atomic E-state index is 10.5. The summed E-state index contributed by atoms with van der Waals surface area (Å²) < 4.78 is 29.6. The highest BCUT2D eigenvalue weighted by Crippen LogP contribution is 2.08. The largest absolute Gasteiger partial charge is 0.294 e. The molecule has 3 radical (unpaired) electrons. The van der Waals surface area contributed by atoms with Crippen LogP contribution in [-0.2, 0) is 10.1 Å². The molecular weight excluding hydrogens is 175 g/mol. The maximum Gasteiger partial charge on any atom is 0.294 e. The van der Waals surface area contributed by atoms with E-state index < -0.39 is 10.1 Å². The zero-order valence-corrected chi connectivity index (χ0v) is 7.38. The molecule has 0 saturated heterocycles. The van der Waals surface area contributed by atoms with E-state index in [9.17, 15) is 8.42 Å². The number of hydrogen-bond acceptors (Lipinski definition) is 2. The van der Waals surface area contributed by atoms with Crippen LogP contribution in [0.4, 0.5) is 0 Å². The molecule has 1 aromatic carbocycles. The highest BCUT2D eigenvalue weighted by molar-refractivity contribution is 7.85. The molecule has 1 N–H and O–H groups in total. The molecule has 0 unspecified atom stereocenters. The summed E-state index contributed by atoms with van der Waals surface area (Å²) in [5.74, 6) is 0. The summed E-state index contributed by atoms with van der Waals surface area (Å²) in [4.78, 5) is -0.0666. The van der Waals surface area contributed by atoms with Crippen LogP contribution in [0.5, 0.6) is 0 Å². The molecule has 5 heteroatoms. The molecule has 0 saturated carbocycles. The van der Waals surface area contributed by atoms with E-state index in [2.05, 4.69) is 0 Å². The average molecular weight is 183 g/mol. The van der Waals surface area contributed by atoms with Crippen LogP contribution < -0.4 is 0 Å². The van der Waals surface area contributed by atoms with Crippen molar-refractivity contribution in [2.45, 2.75) is 11.8 Å². The first kappa shape index (κ1) is 11.2. The lowest BCUT2D eigenvalue weighted by molar-refractivity contribution is 0.483. The Morgan fingerprint density at radius 1 is 1.17 bits per heavy atom. The van der Waals surface area contributed by atoms with Gasteiger partial charge in [0, 0.05) is 8.41 Å². The van der Waals surface area contributed by atoms with Gasteiger partial charge in [-0.1, -0.05) is 17.7 Å². The zero-order valence-electron chi connectivity index (χ0n) is 6.56. The van der Waals surface area contributed by atoms with E-state index >= 15 is 0 Å². The summed E-state index contributed by atoms with van der Waals surface area (Å²) in [5, 5.41) is 0. The van der Waals surface area contributed by atoms with Gasteiger partial charge in [0.15, 0.2) is 0 Å². The van der Waals surface area contributed by atoms with Gasteiger partial charge in [-0.15, -0.1) is 0 Å². The first-order chi connectivity index (χ1) is 5.00. The Morgan fingerprint density at radius 3 is 1.92 bits per heavy atom. The van der Waals surface area contributed by atoms with Crippen molar-refractivity contribution in [1.29, 1.82) is 0 Å². The standard InChI is InChI=1S/C7H8O3S.B/c1-6-2-4-7(5-3-6)11(8,9)10;/h2-5H,1H3,(H,8,9,10);. The molecule has 0 fully saturated rings. The molecule has 0 aliphatic heterocycles. The van der Waals surface area contributed by atoms with Crippen LogP contribution in [0.2, 0.25) is 0 Å². The molecule has 0 spiro atoms. The van der Waals surface area contributed by atoms with Crippen molar-refractivity contribution >= 4 is 18.5 Å². The molecule has 0 aliphatic rings. The van der Waals surface area contributed by atoms with Crippen molar-refractivity contribution in [3.63, 3.8) is 0 Å². The summed E-state index contributed by atoms with van der Waals surface area (Å²) in [7, 11) is -4.02. The number of benzene rings is 1. The molecule has 0 atom stereocenters. The molecule has 63 valence electrons. The van der Waals surface area contributed by atoms with E-state index in [-0.39, 0.29) is 13.3 Å². The zero-order chi connectivity index (χ0) is 8.48. The first-order valence-electron chi connectivity index (χ1n) is 3.04. The van der Waals surface area contributed by atoms with E-state index in [0.29, 0.717) is 0 Å². The molecule has 0 bridgehead atoms. The third kappa shape index (κ3) is 2.67. The SMILES string of the molecule is Cc1ccc(S(=O)(=O)O)cc1.[B]. The van der Waals surface area contributed by atoms with Crippen molar-refractivity contribution in [3.05, 3.63) is 29.8 Å². The topological polar surface area (TPSA) is 54.4 Å². The van der Waals surface area contributed by atoms with Crippen molar-refractivity contribution in [2.24, 2.45) is 0 Å². The van der Waals surface area contributed by atoms with E-state index in [1.165, 1.54) is 12.1 Å². The van der Waals surface area contributed by atoms with Gasteiger partial charge in [-0.2, -0.15) is 8.42 Å². The van der Waals surface area contributed by atoms with Crippen molar-refractivity contribution in [3.8, 4) is 0 Å². The summed E-state index contributed by atoms with van der Waals surface area (Å²) in [6.07, 6.45) is 0. The predicted molar refractivity (Wildman–Crippen MR) is 46.7 cm³/mol. The molecule has 3 nitrogen and oxygen atoms in total. The fourth-order valence-corrected chi connectivity index (χ4v) is 1.19. The second-order valence-corrected chi connectivity index (χ2v) is 3.71. The summed E-state index contributed by atoms with van der Waals surface area (Å²) in [6, 6.07) is 5.99. The average Bonchev–Trinajstić information content (AvgIpc) is 1.86. The molecular formula is C7H8BO3S. The molecule has 0 amide bonds. The van der Waals surface area contributed by atoms with Crippen LogP contribution in [0.3, 0.4) is 0 Å². The highest BCUT2D eigenvalue weighted by Gasteiger charge is 2.06. The molecule has 1 rings (SSSR count). The minimum atomic E-state index is -4.02. The van der Waals surface area contributed by atoms with Gasteiger partial charge in [0.2, 0.25) is 0 Å². The highest BCUT2D eigenvalue weighted by atomic mass is 32.2. The predicted octanol–water partition coefficient (Wildman–Crippen LogP) is 0.861. The van der Waals surface area contributed by atoms with Crippen molar-refractivity contribution in [2.75, 3.05) is 0 Å². The lowest BCUT2D eigenvalue weighted by Gasteiger charge is -1.95. The van der Waals surface area contributed by atoms with Crippen LogP contribution in [0, 0.1) is 6.92 Å². The molecule has 1 aromatic rings. The number of hydrogen-bond donors (Lipinski definition) is 1. The van der Waals surface area contributed by atoms with E-state index in [4.69, 9.17) is 4.55 Å². The Balaban J connectivity index is 0.00000121. The second-order valence-electron chi connectivity index (χ2n) is 2.29. The fraction of sp³-hybridized carbons (Fsp3) is 0.143. The summed E-state index contributed by atoms with van der Waals surface area (Å²) in [6.45, 7) is 1.84. The van der Waals surface area contributed by atoms with Gasteiger partial charge in [0.1, 0.15) is 0 Å². The van der Waals surface area contributed by atoms with E-state index in [1.807, 2.05) is 6.92 Å².